The first-order chi connectivity index (χ1) is 11.1. The minimum atomic E-state index is -1.51. The van der Waals surface area contributed by atoms with Gasteiger partial charge in [0, 0.05) is 19.4 Å². The van der Waals surface area contributed by atoms with E-state index >= 15 is 0 Å². The molecule has 2 rings (SSSR count). The third kappa shape index (κ3) is 4.06. The molecule has 1 amide bonds. The summed E-state index contributed by atoms with van der Waals surface area (Å²) in [5, 5.41) is 20.0. The summed E-state index contributed by atoms with van der Waals surface area (Å²) in [6, 6.07) is 9.13. The number of carbonyl (C=O) groups is 2. The second kappa shape index (κ2) is 6.81. The molecule has 6 nitrogen and oxygen atoms in total. The first-order valence-corrected chi connectivity index (χ1v) is 8.10. The van der Waals surface area contributed by atoms with Crippen LogP contribution in [0.4, 0.5) is 4.79 Å². The number of carboxylic acids is 1. The number of hydrogen-bond donors (Lipinski definition) is 2. The number of amides is 1. The standard InChI is InChI=1S/C18H25NO5/c1-17(2,3)24-16(23)19-10-9-14(20)12-18(19,15(21)22)11-13-7-5-4-6-8-13/h4-8,14,20H,9-12H2,1-3H3,(H,21,22). The Hall–Kier alpha value is -2.08. The molecule has 1 saturated heterocycles. The van der Waals surface area contributed by atoms with E-state index in [4.69, 9.17) is 4.74 Å². The van der Waals surface area contributed by atoms with Gasteiger partial charge in [-0.25, -0.2) is 9.59 Å². The highest BCUT2D eigenvalue weighted by atomic mass is 16.6. The van der Waals surface area contributed by atoms with Gasteiger partial charge in [-0.1, -0.05) is 30.3 Å². The van der Waals surface area contributed by atoms with Gasteiger partial charge in [0.05, 0.1) is 6.10 Å². The zero-order valence-corrected chi connectivity index (χ0v) is 14.4. The van der Waals surface area contributed by atoms with Crippen molar-refractivity contribution in [2.45, 2.75) is 57.3 Å². The molecule has 1 aliphatic rings. The molecule has 1 heterocycles. The number of benzene rings is 1. The highest BCUT2D eigenvalue weighted by molar-refractivity contribution is 5.85. The predicted molar refractivity (Wildman–Crippen MR) is 88.7 cm³/mol. The molecule has 0 aromatic heterocycles. The van der Waals surface area contributed by atoms with Crippen LogP contribution in [-0.2, 0) is 16.0 Å². The van der Waals surface area contributed by atoms with Crippen molar-refractivity contribution in [3.05, 3.63) is 35.9 Å². The maximum Gasteiger partial charge on any atom is 0.411 e. The van der Waals surface area contributed by atoms with E-state index in [9.17, 15) is 19.8 Å². The third-order valence-corrected chi connectivity index (χ3v) is 4.13. The molecule has 0 spiro atoms. The van der Waals surface area contributed by atoms with Gasteiger partial charge in [-0.3, -0.25) is 4.90 Å². The monoisotopic (exact) mass is 335 g/mol. The summed E-state index contributed by atoms with van der Waals surface area (Å²) in [7, 11) is 0. The van der Waals surface area contributed by atoms with Gasteiger partial charge < -0.3 is 14.9 Å². The smallest absolute Gasteiger partial charge is 0.411 e. The zero-order chi connectivity index (χ0) is 18.0. The summed E-state index contributed by atoms with van der Waals surface area (Å²) in [6.07, 6.45) is -0.977. The third-order valence-electron chi connectivity index (χ3n) is 4.13. The average molecular weight is 335 g/mol. The van der Waals surface area contributed by atoms with Gasteiger partial charge in [0.25, 0.3) is 0 Å². The second-order valence-electron chi connectivity index (χ2n) is 7.28. The molecular formula is C18H25NO5. The van der Waals surface area contributed by atoms with Gasteiger partial charge >= 0.3 is 12.1 Å². The van der Waals surface area contributed by atoms with Gasteiger partial charge in [0.2, 0.25) is 0 Å². The van der Waals surface area contributed by atoms with Crippen molar-refractivity contribution in [3.63, 3.8) is 0 Å². The topological polar surface area (TPSA) is 87.1 Å². The van der Waals surface area contributed by atoms with Gasteiger partial charge in [0.15, 0.2) is 0 Å². The fourth-order valence-electron chi connectivity index (χ4n) is 3.06. The van der Waals surface area contributed by atoms with E-state index in [1.807, 2.05) is 30.3 Å². The van der Waals surface area contributed by atoms with E-state index in [0.29, 0.717) is 6.42 Å². The number of aliphatic carboxylic acids is 1. The molecule has 0 saturated carbocycles. The van der Waals surface area contributed by atoms with Crippen molar-refractivity contribution in [3.8, 4) is 0 Å². The highest BCUT2D eigenvalue weighted by Gasteiger charge is 2.51. The van der Waals surface area contributed by atoms with Crippen LogP contribution in [0.2, 0.25) is 0 Å². The van der Waals surface area contributed by atoms with Crippen LogP contribution in [0.3, 0.4) is 0 Å². The quantitative estimate of drug-likeness (QED) is 0.886. The average Bonchev–Trinajstić information content (AvgIpc) is 2.46. The number of carbonyl (C=O) groups excluding carboxylic acids is 1. The van der Waals surface area contributed by atoms with Gasteiger partial charge in [-0.05, 0) is 32.8 Å². The fraction of sp³-hybridized carbons (Fsp3) is 0.556. The van der Waals surface area contributed by atoms with Crippen LogP contribution in [0, 0.1) is 0 Å². The summed E-state index contributed by atoms with van der Waals surface area (Å²) in [5.41, 5.74) is -1.44. The number of aliphatic hydroxyl groups excluding tert-OH is 1. The number of nitrogens with zero attached hydrogens (tertiary/aromatic N) is 1. The number of piperidine rings is 1. The number of aliphatic hydroxyl groups is 1. The highest BCUT2D eigenvalue weighted by Crippen LogP contribution is 2.33. The van der Waals surface area contributed by atoms with Gasteiger partial charge in [0.1, 0.15) is 11.1 Å². The molecule has 0 radical (unpaired) electrons. The summed E-state index contributed by atoms with van der Waals surface area (Å²) in [4.78, 5) is 26.0. The molecule has 6 heteroatoms. The predicted octanol–water partition coefficient (Wildman–Crippen LogP) is 2.44. The van der Waals surface area contributed by atoms with Crippen LogP contribution in [0.1, 0.15) is 39.2 Å². The van der Waals surface area contributed by atoms with E-state index in [1.54, 1.807) is 20.8 Å². The van der Waals surface area contributed by atoms with Gasteiger partial charge in [-0.2, -0.15) is 0 Å². The second-order valence-corrected chi connectivity index (χ2v) is 7.28. The Bertz CT molecular complexity index is 595. The summed E-state index contributed by atoms with van der Waals surface area (Å²) in [5.74, 6) is -1.13. The van der Waals surface area contributed by atoms with E-state index in [-0.39, 0.29) is 19.4 Å². The zero-order valence-electron chi connectivity index (χ0n) is 14.4. The maximum absolute atomic E-state index is 12.6. The Morgan fingerprint density at radius 2 is 1.92 bits per heavy atom. The number of rotatable bonds is 3. The van der Waals surface area contributed by atoms with Gasteiger partial charge in [-0.15, -0.1) is 0 Å². The molecule has 2 N–H and O–H groups in total. The van der Waals surface area contributed by atoms with Crippen molar-refractivity contribution in [1.82, 2.24) is 4.90 Å². The maximum atomic E-state index is 12.6. The molecule has 2 unspecified atom stereocenters. The van der Waals surface area contributed by atoms with Crippen molar-refractivity contribution < 1.29 is 24.5 Å². The lowest BCUT2D eigenvalue weighted by Gasteiger charge is -2.45. The summed E-state index contributed by atoms with van der Waals surface area (Å²) < 4.78 is 5.40. The lowest BCUT2D eigenvalue weighted by atomic mass is 9.80. The SMILES string of the molecule is CC(C)(C)OC(=O)N1CCC(O)CC1(Cc1ccccc1)C(=O)O. The summed E-state index contributed by atoms with van der Waals surface area (Å²) in [6.45, 7) is 5.37. The molecule has 1 aliphatic heterocycles. The van der Waals surface area contributed by atoms with Crippen molar-refractivity contribution in [1.29, 1.82) is 0 Å². The Labute approximate surface area is 142 Å². The molecule has 1 aromatic carbocycles. The minimum absolute atomic E-state index is 0.0174. The fourth-order valence-corrected chi connectivity index (χ4v) is 3.06. The van der Waals surface area contributed by atoms with E-state index < -0.39 is 29.3 Å². The van der Waals surface area contributed by atoms with Crippen molar-refractivity contribution in [2.75, 3.05) is 6.54 Å². The van der Waals surface area contributed by atoms with Crippen LogP contribution in [0.5, 0.6) is 0 Å². The largest absolute Gasteiger partial charge is 0.479 e. The Morgan fingerprint density at radius 1 is 1.29 bits per heavy atom. The molecule has 1 fully saturated rings. The van der Waals surface area contributed by atoms with Crippen molar-refractivity contribution in [2.24, 2.45) is 0 Å². The van der Waals surface area contributed by atoms with Crippen LogP contribution in [0.15, 0.2) is 30.3 Å². The lowest BCUT2D eigenvalue weighted by Crippen LogP contribution is -2.63. The normalized spacial score (nSPS) is 24.5. The van der Waals surface area contributed by atoms with E-state index in [2.05, 4.69) is 0 Å². The Kier molecular flexibility index (Phi) is 5.18. The molecular weight excluding hydrogens is 310 g/mol. The van der Waals surface area contributed by atoms with Crippen LogP contribution in [0.25, 0.3) is 0 Å². The summed E-state index contributed by atoms with van der Waals surface area (Å²) >= 11 is 0. The van der Waals surface area contributed by atoms with Crippen LogP contribution >= 0.6 is 0 Å². The lowest BCUT2D eigenvalue weighted by molar-refractivity contribution is -0.157. The van der Waals surface area contributed by atoms with Crippen molar-refractivity contribution >= 4 is 12.1 Å². The van der Waals surface area contributed by atoms with E-state index in [1.165, 1.54) is 4.90 Å². The molecule has 2 atom stereocenters. The first-order valence-electron chi connectivity index (χ1n) is 8.10. The van der Waals surface area contributed by atoms with Crippen LogP contribution < -0.4 is 0 Å². The Balaban J connectivity index is 2.38. The molecule has 0 aliphatic carbocycles. The first kappa shape index (κ1) is 18.3. The molecule has 0 bridgehead atoms. The van der Waals surface area contributed by atoms with Crippen LogP contribution in [-0.4, -0.2) is 51.0 Å². The molecule has 1 aromatic rings. The Morgan fingerprint density at radius 3 is 2.46 bits per heavy atom. The molecule has 132 valence electrons. The number of ether oxygens (including phenoxy) is 1. The number of carboxylic acid groups (broad SMARTS) is 1. The molecule has 24 heavy (non-hydrogen) atoms. The minimum Gasteiger partial charge on any atom is -0.479 e. The number of hydrogen-bond acceptors (Lipinski definition) is 4. The van der Waals surface area contributed by atoms with E-state index in [0.717, 1.165) is 5.56 Å². The number of likely N-dealkylation sites (tertiary alicyclic amines) is 1.